The molecule has 0 saturated heterocycles. The molecule has 1 aromatic heterocycles. The number of aliphatic hydroxyl groups excluding tert-OH is 1. The van der Waals surface area contributed by atoms with Crippen LogP contribution < -0.4 is 9.62 Å². The van der Waals surface area contributed by atoms with Gasteiger partial charge in [0.25, 0.3) is 10.0 Å². The van der Waals surface area contributed by atoms with Gasteiger partial charge >= 0.3 is 6.09 Å². The van der Waals surface area contributed by atoms with E-state index in [1.807, 2.05) is 0 Å². The van der Waals surface area contributed by atoms with Gasteiger partial charge < -0.3 is 9.84 Å². The smallest absolute Gasteiger partial charge is 0.415 e. The van der Waals surface area contributed by atoms with Crippen molar-refractivity contribution in [3.63, 3.8) is 0 Å². The fourth-order valence-electron chi connectivity index (χ4n) is 3.09. The number of amides is 1. The molecule has 0 bridgehead atoms. The van der Waals surface area contributed by atoms with Crippen LogP contribution in [0.1, 0.15) is 31.9 Å². The molecule has 8 nitrogen and oxygen atoms in total. The maximum atomic E-state index is 15.1. The molecule has 0 unspecified atom stereocenters. The lowest BCUT2D eigenvalue weighted by atomic mass is 10.1. The van der Waals surface area contributed by atoms with E-state index in [0.29, 0.717) is 6.07 Å². The number of ether oxygens (including phenoxy) is 1. The van der Waals surface area contributed by atoms with Crippen molar-refractivity contribution in [3.8, 4) is 0 Å². The molecule has 3 aromatic rings. The molecule has 1 heterocycles. The Bertz CT molecular complexity index is 1380. The summed E-state index contributed by atoms with van der Waals surface area (Å²) in [5, 5.41) is 10.5. The average Bonchev–Trinajstić information content (AvgIpc) is 3.26. The van der Waals surface area contributed by atoms with Crippen molar-refractivity contribution in [1.82, 2.24) is 4.98 Å². The predicted octanol–water partition coefficient (Wildman–Crippen LogP) is 5.45. The van der Waals surface area contributed by atoms with E-state index in [0.717, 1.165) is 34.4 Å². The highest BCUT2D eigenvalue weighted by atomic mass is 35.5. The standard InChI is InChI=1S/C22H21ClF3N3O5S2/c1-22(2,3)34-21(31)29(8-12-13(9-30)16(25)5-4-15(12)24)18-7-17(26)19(6-14(18)23)36(32,33)28-20-10-35-11-27-20/h4-7,10-11,28,30H,8-9H2,1-3H3. The second-order valence-electron chi connectivity index (χ2n) is 8.42. The summed E-state index contributed by atoms with van der Waals surface area (Å²) in [6.45, 7) is 3.05. The number of sulfonamides is 1. The summed E-state index contributed by atoms with van der Waals surface area (Å²) in [5.41, 5.74) is -0.867. The molecule has 14 heteroatoms. The van der Waals surface area contributed by atoms with Crippen LogP contribution in [0.15, 0.2) is 40.1 Å². The number of halogens is 4. The van der Waals surface area contributed by atoms with E-state index in [2.05, 4.69) is 9.71 Å². The Hall–Kier alpha value is -2.87. The number of anilines is 2. The Morgan fingerprint density at radius 1 is 1.17 bits per heavy atom. The molecule has 1 amide bonds. The van der Waals surface area contributed by atoms with Gasteiger partial charge in [-0.15, -0.1) is 11.3 Å². The molecular formula is C22H21ClF3N3O5S2. The van der Waals surface area contributed by atoms with Crippen LogP contribution >= 0.6 is 22.9 Å². The first-order chi connectivity index (χ1) is 16.7. The minimum Gasteiger partial charge on any atom is -0.443 e. The highest BCUT2D eigenvalue weighted by Crippen LogP contribution is 2.34. The maximum absolute atomic E-state index is 15.1. The fraction of sp³-hybridized carbons (Fsp3) is 0.273. The molecule has 0 spiro atoms. The SMILES string of the molecule is CC(C)(C)OC(=O)N(Cc1c(F)ccc(F)c1CO)c1cc(F)c(S(=O)(=O)Nc2cscn2)cc1Cl. The quantitative estimate of drug-likeness (QED) is 0.396. The molecule has 0 aliphatic rings. The second kappa shape index (κ2) is 10.6. The van der Waals surface area contributed by atoms with Gasteiger partial charge in [-0.3, -0.25) is 9.62 Å². The normalized spacial score (nSPS) is 11.9. The maximum Gasteiger partial charge on any atom is 0.415 e. The van der Waals surface area contributed by atoms with Gasteiger partial charge in [-0.2, -0.15) is 0 Å². The Morgan fingerprint density at radius 3 is 2.36 bits per heavy atom. The molecule has 194 valence electrons. The number of hydrogen-bond acceptors (Lipinski definition) is 7. The predicted molar refractivity (Wildman–Crippen MR) is 129 cm³/mol. The minimum absolute atomic E-state index is 0.0342. The largest absolute Gasteiger partial charge is 0.443 e. The van der Waals surface area contributed by atoms with Crippen molar-refractivity contribution >= 4 is 50.6 Å². The fourth-order valence-corrected chi connectivity index (χ4v) is 5.06. The second-order valence-corrected chi connectivity index (χ2v) is 11.2. The number of carbonyl (C=O) groups excluding carboxylic acids is 1. The van der Waals surface area contributed by atoms with Crippen LogP contribution in [-0.4, -0.2) is 30.2 Å². The summed E-state index contributed by atoms with van der Waals surface area (Å²) < 4.78 is 76.7. The van der Waals surface area contributed by atoms with Gasteiger partial charge in [-0.05, 0) is 39.0 Å². The summed E-state index contributed by atoms with van der Waals surface area (Å²) in [7, 11) is -4.45. The van der Waals surface area contributed by atoms with E-state index >= 15 is 4.39 Å². The third-order valence-corrected chi connectivity index (χ3v) is 6.92. The van der Waals surface area contributed by atoms with Crippen LogP contribution in [0.3, 0.4) is 0 Å². The number of benzene rings is 2. The van der Waals surface area contributed by atoms with Gasteiger partial charge in [0.1, 0.15) is 27.9 Å². The molecule has 0 aliphatic carbocycles. The van der Waals surface area contributed by atoms with Gasteiger partial charge in [0.15, 0.2) is 5.82 Å². The van der Waals surface area contributed by atoms with Gasteiger partial charge in [0, 0.05) is 22.6 Å². The molecule has 3 rings (SSSR count). The van der Waals surface area contributed by atoms with Crippen LogP contribution in [0.2, 0.25) is 5.02 Å². The summed E-state index contributed by atoms with van der Waals surface area (Å²) in [4.78, 5) is 16.7. The lowest BCUT2D eigenvalue weighted by Crippen LogP contribution is -2.37. The molecule has 36 heavy (non-hydrogen) atoms. The highest BCUT2D eigenvalue weighted by Gasteiger charge is 2.30. The Balaban J connectivity index is 2.11. The number of thiazole rings is 1. The van der Waals surface area contributed by atoms with E-state index in [1.54, 1.807) is 20.8 Å². The lowest BCUT2D eigenvalue weighted by Gasteiger charge is -2.29. The number of nitrogens with one attached hydrogen (secondary N) is 1. The number of hydrogen-bond donors (Lipinski definition) is 2. The number of aromatic nitrogens is 1. The first-order valence-electron chi connectivity index (χ1n) is 10.2. The van der Waals surface area contributed by atoms with Crippen LogP contribution in [0.5, 0.6) is 0 Å². The van der Waals surface area contributed by atoms with Gasteiger partial charge in [-0.25, -0.2) is 31.4 Å². The molecule has 2 N–H and O–H groups in total. The van der Waals surface area contributed by atoms with Crippen molar-refractivity contribution < 1.29 is 36.2 Å². The summed E-state index contributed by atoms with van der Waals surface area (Å²) >= 11 is 7.38. The zero-order chi connectivity index (χ0) is 26.8. The summed E-state index contributed by atoms with van der Waals surface area (Å²) in [6.07, 6.45) is -1.10. The number of nitrogens with zero attached hydrogens (tertiary/aromatic N) is 2. The third-order valence-electron chi connectivity index (χ3n) is 4.66. The van der Waals surface area contributed by atoms with Gasteiger partial charge in [0.2, 0.25) is 0 Å². The Morgan fingerprint density at radius 2 is 1.81 bits per heavy atom. The van der Waals surface area contributed by atoms with E-state index in [4.69, 9.17) is 16.3 Å². The van der Waals surface area contributed by atoms with Crippen LogP contribution in [0, 0.1) is 17.5 Å². The van der Waals surface area contributed by atoms with Crippen LogP contribution in [-0.2, 0) is 27.9 Å². The van der Waals surface area contributed by atoms with Gasteiger partial charge in [0.05, 0.1) is 29.4 Å². The topological polar surface area (TPSA) is 109 Å². The molecule has 0 fully saturated rings. The average molecular weight is 564 g/mol. The van der Waals surface area contributed by atoms with Crippen molar-refractivity contribution in [2.75, 3.05) is 9.62 Å². The van der Waals surface area contributed by atoms with Crippen LogP contribution in [0.25, 0.3) is 0 Å². The number of rotatable bonds is 7. The molecular weight excluding hydrogens is 543 g/mol. The van der Waals surface area contributed by atoms with Crippen molar-refractivity contribution in [2.24, 2.45) is 0 Å². The zero-order valence-corrected chi connectivity index (χ0v) is 21.6. The molecule has 2 aromatic carbocycles. The first kappa shape index (κ1) is 27.7. The van der Waals surface area contributed by atoms with Crippen molar-refractivity contribution in [3.05, 3.63) is 68.8 Å². The summed E-state index contributed by atoms with van der Waals surface area (Å²) in [6, 6.07) is 3.05. The minimum atomic E-state index is -4.45. The molecule has 0 radical (unpaired) electrons. The van der Waals surface area contributed by atoms with E-state index < -0.39 is 73.4 Å². The molecule has 0 atom stereocenters. The van der Waals surface area contributed by atoms with E-state index in [1.165, 1.54) is 10.9 Å². The Labute approximate surface area is 214 Å². The van der Waals surface area contributed by atoms with Crippen molar-refractivity contribution in [2.45, 2.75) is 44.4 Å². The number of carbonyl (C=O) groups is 1. The van der Waals surface area contributed by atoms with Gasteiger partial charge in [-0.1, -0.05) is 11.6 Å². The summed E-state index contributed by atoms with van der Waals surface area (Å²) in [5.74, 6) is -3.19. The Kier molecular flexibility index (Phi) is 8.18. The monoisotopic (exact) mass is 563 g/mol. The highest BCUT2D eigenvalue weighted by molar-refractivity contribution is 7.92. The van der Waals surface area contributed by atoms with E-state index in [9.17, 15) is 27.1 Å². The van der Waals surface area contributed by atoms with E-state index in [-0.39, 0.29) is 11.5 Å². The molecule has 0 saturated carbocycles. The number of aliphatic hydroxyl groups is 1. The van der Waals surface area contributed by atoms with Crippen molar-refractivity contribution in [1.29, 1.82) is 0 Å². The first-order valence-corrected chi connectivity index (χ1v) is 13.0. The molecule has 0 aliphatic heterocycles. The zero-order valence-electron chi connectivity index (χ0n) is 19.2. The lowest BCUT2D eigenvalue weighted by molar-refractivity contribution is 0.0577. The van der Waals surface area contributed by atoms with Crippen LogP contribution in [0.4, 0.5) is 29.5 Å². The third kappa shape index (κ3) is 6.27.